The highest BCUT2D eigenvalue weighted by molar-refractivity contribution is 7.89. The van der Waals surface area contributed by atoms with Crippen LogP contribution in [0.5, 0.6) is 11.5 Å². The number of pyridine rings is 1. The lowest BCUT2D eigenvalue weighted by atomic mass is 10.0. The Bertz CT molecular complexity index is 2360. The molecule has 1 aromatic heterocycles. The normalized spacial score (nSPS) is 14.4. The number of hydrogen-bond donors (Lipinski definition) is 1. The number of hydrogen-bond acceptors (Lipinski definition) is 14. The second-order valence-corrected chi connectivity index (χ2v) is 17.3. The summed E-state index contributed by atoms with van der Waals surface area (Å²) in [6.45, 7) is 8.67. The van der Waals surface area contributed by atoms with Crippen LogP contribution in [0.3, 0.4) is 0 Å². The molecule has 1 amide bonds. The van der Waals surface area contributed by atoms with Crippen LogP contribution in [0, 0.1) is 10.1 Å². The van der Waals surface area contributed by atoms with Crippen LogP contribution < -0.4 is 20.1 Å². The molecule has 0 bridgehead atoms. The SMILES string of the molecule is CCOc1ccc(C(=O)N2CCN(c3ccc(-c4ccccc4OCC)nc3CN(CCCOCCOCCOCCOCCN)S(=O)(=O)c3ccccc3[N+](=O)[O-])[C@H](CC)C2)c(C(F)(F)F)c1. The summed E-state index contributed by atoms with van der Waals surface area (Å²) >= 11 is 0. The Labute approximate surface area is 395 Å². The average Bonchev–Trinajstić information content (AvgIpc) is 3.33. The van der Waals surface area contributed by atoms with E-state index in [1.165, 1.54) is 29.2 Å². The van der Waals surface area contributed by atoms with Gasteiger partial charge in [-0.05, 0) is 75.2 Å². The molecule has 1 atom stereocenters. The van der Waals surface area contributed by atoms with E-state index < -0.39 is 54.8 Å². The first-order chi connectivity index (χ1) is 32.7. The quantitative estimate of drug-likeness (QED) is 0.0353. The molecule has 68 heavy (non-hydrogen) atoms. The Morgan fingerprint density at radius 2 is 1.50 bits per heavy atom. The minimum absolute atomic E-state index is 0.00506. The number of rotatable bonds is 28. The van der Waals surface area contributed by atoms with E-state index in [0.717, 1.165) is 22.5 Å². The van der Waals surface area contributed by atoms with Gasteiger partial charge in [-0.1, -0.05) is 31.2 Å². The second-order valence-electron chi connectivity index (χ2n) is 15.4. The minimum atomic E-state index is -4.82. The summed E-state index contributed by atoms with van der Waals surface area (Å²) in [6.07, 6.45) is -4.18. The molecule has 21 heteroatoms. The summed E-state index contributed by atoms with van der Waals surface area (Å²) in [6, 6.07) is 18.8. The molecular weight excluding hydrogens is 914 g/mol. The fraction of sp³-hybridized carbons (Fsp3) is 0.489. The Kier molecular flexibility index (Phi) is 20.8. The summed E-state index contributed by atoms with van der Waals surface area (Å²) < 4.78 is 107. The number of halogens is 3. The van der Waals surface area contributed by atoms with E-state index in [4.69, 9.17) is 39.1 Å². The first-order valence-corrected chi connectivity index (χ1v) is 24.1. The maximum Gasteiger partial charge on any atom is 0.417 e. The molecule has 1 fully saturated rings. The van der Waals surface area contributed by atoms with Crippen LogP contribution in [0.2, 0.25) is 0 Å². The summed E-state index contributed by atoms with van der Waals surface area (Å²) in [5.41, 5.74) is 5.11. The van der Waals surface area contributed by atoms with Gasteiger partial charge in [0.2, 0.25) is 10.0 Å². The fourth-order valence-electron chi connectivity index (χ4n) is 7.66. The fourth-order valence-corrected chi connectivity index (χ4v) is 9.26. The summed E-state index contributed by atoms with van der Waals surface area (Å²) in [4.78, 5) is 33.3. The first-order valence-electron chi connectivity index (χ1n) is 22.6. The molecule has 0 unspecified atom stereocenters. The van der Waals surface area contributed by atoms with Gasteiger partial charge in [0.25, 0.3) is 11.6 Å². The van der Waals surface area contributed by atoms with Gasteiger partial charge >= 0.3 is 6.18 Å². The van der Waals surface area contributed by atoms with Crippen molar-refractivity contribution in [3.8, 4) is 22.8 Å². The Balaban J connectivity index is 1.44. The highest BCUT2D eigenvalue weighted by Gasteiger charge is 2.39. The number of alkyl halides is 3. The molecule has 17 nitrogen and oxygen atoms in total. The maximum absolute atomic E-state index is 14.7. The molecule has 1 aliphatic rings. The third-order valence-electron chi connectivity index (χ3n) is 10.9. The van der Waals surface area contributed by atoms with E-state index >= 15 is 0 Å². The monoisotopic (exact) mass is 974 g/mol. The number of carbonyl (C=O) groups is 1. The van der Waals surface area contributed by atoms with Crippen molar-refractivity contribution in [2.24, 2.45) is 5.73 Å². The lowest BCUT2D eigenvalue weighted by Gasteiger charge is -2.43. The largest absolute Gasteiger partial charge is 0.494 e. The molecule has 4 aromatic rings. The van der Waals surface area contributed by atoms with Crippen LogP contribution in [-0.2, 0) is 41.7 Å². The molecule has 1 saturated heterocycles. The molecule has 0 radical (unpaired) electrons. The van der Waals surface area contributed by atoms with Crippen molar-refractivity contribution >= 4 is 27.3 Å². The number of anilines is 1. The van der Waals surface area contributed by atoms with E-state index in [-0.39, 0.29) is 71.3 Å². The van der Waals surface area contributed by atoms with Gasteiger partial charge in [0.1, 0.15) is 11.5 Å². The predicted molar refractivity (Wildman–Crippen MR) is 248 cm³/mol. The van der Waals surface area contributed by atoms with Gasteiger partial charge in [0.15, 0.2) is 4.90 Å². The number of sulfonamides is 1. The van der Waals surface area contributed by atoms with Crippen molar-refractivity contribution in [2.75, 3.05) is 104 Å². The van der Waals surface area contributed by atoms with Crippen LogP contribution in [0.25, 0.3) is 11.3 Å². The number of para-hydroxylation sites is 2. The minimum Gasteiger partial charge on any atom is -0.494 e. The predicted octanol–water partition coefficient (Wildman–Crippen LogP) is 6.82. The third kappa shape index (κ3) is 14.5. The van der Waals surface area contributed by atoms with Gasteiger partial charge in [-0.15, -0.1) is 0 Å². The standard InChI is InChI=1S/C47H61F3N6O11S/c1-4-35-33-53(46(57)37-17-16-36(66-5-2)32-39(37)47(48,49)50)22-23-55(35)42-19-18-40(38-12-7-9-14-44(38)67-6-3)52-41(42)34-54(68(60,61)45-15-10-8-13-43(45)56(58)59)21-11-24-62-26-28-64-30-31-65-29-27-63-25-20-51/h7-10,12-19,32,35H,4-6,11,20-31,33-34,51H2,1-3H3/t35-/m1/s1. The smallest absolute Gasteiger partial charge is 0.417 e. The van der Waals surface area contributed by atoms with E-state index in [9.17, 15) is 36.5 Å². The lowest BCUT2D eigenvalue weighted by molar-refractivity contribution is -0.387. The van der Waals surface area contributed by atoms with E-state index in [0.29, 0.717) is 81.0 Å². The van der Waals surface area contributed by atoms with Crippen LogP contribution in [-0.4, -0.2) is 138 Å². The van der Waals surface area contributed by atoms with Crippen molar-refractivity contribution in [3.63, 3.8) is 0 Å². The number of nitrogens with zero attached hydrogens (tertiary/aromatic N) is 5. The lowest BCUT2D eigenvalue weighted by Crippen LogP contribution is -2.55. The van der Waals surface area contributed by atoms with Crippen LogP contribution in [0.1, 0.15) is 55.2 Å². The number of carbonyl (C=O) groups excluding carboxylic acids is 1. The van der Waals surface area contributed by atoms with Crippen LogP contribution in [0.4, 0.5) is 24.5 Å². The molecule has 0 aliphatic carbocycles. The van der Waals surface area contributed by atoms with Crippen molar-refractivity contribution in [1.29, 1.82) is 0 Å². The van der Waals surface area contributed by atoms with E-state index in [2.05, 4.69) is 0 Å². The average molecular weight is 975 g/mol. The Morgan fingerprint density at radius 3 is 2.15 bits per heavy atom. The van der Waals surface area contributed by atoms with Gasteiger partial charge in [-0.3, -0.25) is 14.9 Å². The molecule has 2 heterocycles. The molecule has 3 aromatic carbocycles. The molecule has 2 N–H and O–H groups in total. The van der Waals surface area contributed by atoms with Crippen LogP contribution >= 0.6 is 0 Å². The number of amides is 1. The third-order valence-corrected chi connectivity index (χ3v) is 12.8. The van der Waals surface area contributed by atoms with Crippen molar-refractivity contribution in [2.45, 2.75) is 57.3 Å². The van der Waals surface area contributed by atoms with E-state index in [1.54, 1.807) is 25.1 Å². The Morgan fingerprint density at radius 1 is 0.853 bits per heavy atom. The van der Waals surface area contributed by atoms with Gasteiger partial charge in [-0.25, -0.2) is 13.4 Å². The van der Waals surface area contributed by atoms with Crippen molar-refractivity contribution < 1.29 is 59.7 Å². The summed E-state index contributed by atoms with van der Waals surface area (Å²) in [5.74, 6) is -0.253. The highest BCUT2D eigenvalue weighted by atomic mass is 32.2. The highest BCUT2D eigenvalue weighted by Crippen LogP contribution is 2.38. The zero-order chi connectivity index (χ0) is 49.1. The molecular formula is C47H61F3N6O11S. The van der Waals surface area contributed by atoms with Gasteiger partial charge in [0, 0.05) is 57.0 Å². The molecule has 0 spiro atoms. The van der Waals surface area contributed by atoms with Crippen LogP contribution in [0.15, 0.2) is 83.8 Å². The maximum atomic E-state index is 14.7. The number of piperazine rings is 1. The van der Waals surface area contributed by atoms with Gasteiger partial charge in [0.05, 0.1) is 99.1 Å². The Hall–Kier alpha value is -5.42. The number of nitrogens with two attached hydrogens (primary N) is 1. The van der Waals surface area contributed by atoms with Gasteiger partial charge in [-0.2, -0.15) is 17.5 Å². The number of aromatic nitrogens is 1. The first kappa shape index (κ1) is 53.5. The zero-order valence-electron chi connectivity index (χ0n) is 38.7. The number of ether oxygens (including phenoxy) is 6. The number of nitro benzene ring substituents is 1. The molecule has 0 saturated carbocycles. The summed E-state index contributed by atoms with van der Waals surface area (Å²) in [7, 11) is -4.58. The van der Waals surface area contributed by atoms with Crippen molar-refractivity contribution in [3.05, 3.63) is 106 Å². The molecule has 5 rings (SSSR count). The molecule has 1 aliphatic heterocycles. The van der Waals surface area contributed by atoms with Gasteiger partial charge < -0.3 is 44.0 Å². The molecule has 372 valence electrons. The second kappa shape index (κ2) is 26.4. The van der Waals surface area contributed by atoms with E-state index in [1.807, 2.05) is 36.9 Å². The number of nitro groups is 1. The number of benzene rings is 3. The van der Waals surface area contributed by atoms with Crippen molar-refractivity contribution in [1.82, 2.24) is 14.2 Å². The summed E-state index contributed by atoms with van der Waals surface area (Å²) in [5, 5.41) is 12.2. The topological polar surface area (TPSA) is 198 Å². The zero-order valence-corrected chi connectivity index (χ0v) is 39.5.